The van der Waals surface area contributed by atoms with E-state index in [0.29, 0.717) is 17.2 Å². The Labute approximate surface area is 187 Å². The maximum absolute atomic E-state index is 12.5. The molecule has 8 heteroatoms. The maximum Gasteiger partial charge on any atom is 0.299 e. The zero-order valence-corrected chi connectivity index (χ0v) is 18.8. The Morgan fingerprint density at radius 2 is 1.62 bits per heavy atom. The third-order valence-electron chi connectivity index (χ3n) is 4.95. The van der Waals surface area contributed by atoms with Crippen LogP contribution in [-0.4, -0.2) is 38.9 Å². The number of benzene rings is 3. The van der Waals surface area contributed by atoms with E-state index >= 15 is 0 Å². The van der Waals surface area contributed by atoms with Gasteiger partial charge in [-0.1, -0.05) is 48.5 Å². The molecule has 1 aromatic heterocycles. The first-order valence-corrected chi connectivity index (χ1v) is 11.3. The summed E-state index contributed by atoms with van der Waals surface area (Å²) in [5.41, 5.74) is 3.48. The number of rotatable bonds is 7. The van der Waals surface area contributed by atoms with Crippen molar-refractivity contribution in [2.75, 3.05) is 26.5 Å². The lowest BCUT2D eigenvalue weighted by atomic mass is 10.0. The van der Waals surface area contributed by atoms with E-state index in [2.05, 4.69) is 10.3 Å². The highest BCUT2D eigenvalue weighted by atomic mass is 32.2. The van der Waals surface area contributed by atoms with Crippen LogP contribution in [0.2, 0.25) is 0 Å². The van der Waals surface area contributed by atoms with Crippen molar-refractivity contribution in [3.05, 3.63) is 79.0 Å². The monoisotopic (exact) mass is 449 g/mol. The van der Waals surface area contributed by atoms with E-state index < -0.39 is 10.0 Å². The summed E-state index contributed by atoms with van der Waals surface area (Å²) in [5.74, 6) is 1.05. The lowest BCUT2D eigenvalue weighted by molar-refractivity contribution is 0.416. The number of methoxy groups -OCH3 is 1. The molecule has 0 aliphatic carbocycles. The van der Waals surface area contributed by atoms with Crippen molar-refractivity contribution in [3.8, 4) is 28.2 Å². The SMILES string of the molecule is COc1ccc(S(=O)(=O)N(C)C)cc1Nc1ncc(-c2cccc(-c3ccccc3)c2)o1. The molecule has 7 nitrogen and oxygen atoms in total. The van der Waals surface area contributed by atoms with Crippen molar-refractivity contribution in [2.24, 2.45) is 0 Å². The number of hydrogen-bond acceptors (Lipinski definition) is 6. The van der Waals surface area contributed by atoms with Crippen molar-refractivity contribution < 1.29 is 17.6 Å². The van der Waals surface area contributed by atoms with Crippen LogP contribution in [0.1, 0.15) is 0 Å². The van der Waals surface area contributed by atoms with E-state index in [4.69, 9.17) is 9.15 Å². The molecule has 0 fully saturated rings. The highest BCUT2D eigenvalue weighted by Crippen LogP contribution is 2.33. The van der Waals surface area contributed by atoms with Crippen LogP contribution in [0.15, 0.2) is 88.3 Å². The van der Waals surface area contributed by atoms with Gasteiger partial charge in [0.25, 0.3) is 6.01 Å². The summed E-state index contributed by atoms with van der Waals surface area (Å²) in [5, 5.41) is 3.03. The summed E-state index contributed by atoms with van der Waals surface area (Å²) in [6, 6.07) is 22.9. The molecule has 0 spiro atoms. The fraction of sp³-hybridized carbons (Fsp3) is 0.125. The second kappa shape index (κ2) is 8.86. The predicted octanol–water partition coefficient (Wildman–Crippen LogP) is 5.01. The smallest absolute Gasteiger partial charge is 0.299 e. The average molecular weight is 450 g/mol. The molecule has 0 unspecified atom stereocenters. The topological polar surface area (TPSA) is 84.7 Å². The van der Waals surface area contributed by atoms with Crippen LogP contribution >= 0.6 is 0 Å². The van der Waals surface area contributed by atoms with Crippen LogP contribution in [0, 0.1) is 0 Å². The summed E-state index contributed by atoms with van der Waals surface area (Å²) in [4.78, 5) is 4.43. The number of anilines is 2. The summed E-state index contributed by atoms with van der Waals surface area (Å²) in [6.45, 7) is 0. The number of oxazole rings is 1. The standard InChI is InChI=1S/C24H23N3O4S/c1-27(2)32(28,29)20-12-13-22(30-3)21(15-20)26-24-25-16-23(31-24)19-11-7-10-18(14-19)17-8-5-4-6-9-17/h4-16H,1-3H3,(H,25,26). The molecule has 0 aliphatic heterocycles. The van der Waals surface area contributed by atoms with Gasteiger partial charge in [-0.15, -0.1) is 0 Å². The van der Waals surface area contributed by atoms with Crippen LogP contribution in [0.3, 0.4) is 0 Å². The van der Waals surface area contributed by atoms with Crippen LogP contribution in [0.25, 0.3) is 22.5 Å². The highest BCUT2D eigenvalue weighted by molar-refractivity contribution is 7.89. The van der Waals surface area contributed by atoms with E-state index in [1.807, 2.05) is 54.6 Å². The summed E-state index contributed by atoms with van der Waals surface area (Å²) in [6.07, 6.45) is 1.62. The molecular weight excluding hydrogens is 426 g/mol. The van der Waals surface area contributed by atoms with Gasteiger partial charge >= 0.3 is 0 Å². The average Bonchev–Trinajstić information content (AvgIpc) is 3.28. The summed E-state index contributed by atoms with van der Waals surface area (Å²) < 4.78 is 37.4. The molecule has 0 saturated heterocycles. The Kier molecular flexibility index (Phi) is 5.98. The third kappa shape index (κ3) is 4.37. The van der Waals surface area contributed by atoms with E-state index in [-0.39, 0.29) is 10.9 Å². The lowest BCUT2D eigenvalue weighted by Gasteiger charge is -2.14. The zero-order valence-electron chi connectivity index (χ0n) is 17.9. The molecule has 0 radical (unpaired) electrons. The largest absolute Gasteiger partial charge is 0.495 e. The zero-order chi connectivity index (χ0) is 22.7. The minimum Gasteiger partial charge on any atom is -0.495 e. The summed E-state index contributed by atoms with van der Waals surface area (Å²) in [7, 11) is 0.877. The maximum atomic E-state index is 12.5. The van der Waals surface area contributed by atoms with Gasteiger partial charge in [0.1, 0.15) is 5.75 Å². The molecule has 4 aromatic rings. The predicted molar refractivity (Wildman–Crippen MR) is 125 cm³/mol. The molecule has 3 aromatic carbocycles. The molecule has 164 valence electrons. The number of ether oxygens (including phenoxy) is 1. The number of nitrogens with one attached hydrogen (secondary N) is 1. The fourth-order valence-electron chi connectivity index (χ4n) is 3.22. The van der Waals surface area contributed by atoms with Crippen molar-refractivity contribution in [1.82, 2.24) is 9.29 Å². The van der Waals surface area contributed by atoms with Crippen molar-refractivity contribution in [3.63, 3.8) is 0 Å². The Morgan fingerprint density at radius 3 is 2.34 bits per heavy atom. The summed E-state index contributed by atoms with van der Waals surface area (Å²) >= 11 is 0. The first-order valence-electron chi connectivity index (χ1n) is 9.88. The van der Waals surface area contributed by atoms with Gasteiger partial charge in [-0.3, -0.25) is 0 Å². The van der Waals surface area contributed by atoms with Gasteiger partial charge in [-0.2, -0.15) is 0 Å². The molecule has 4 rings (SSSR count). The molecule has 32 heavy (non-hydrogen) atoms. The highest BCUT2D eigenvalue weighted by Gasteiger charge is 2.20. The van der Waals surface area contributed by atoms with Gasteiger partial charge in [-0.05, 0) is 35.4 Å². The molecule has 0 aliphatic rings. The molecule has 1 heterocycles. The van der Waals surface area contributed by atoms with Gasteiger partial charge < -0.3 is 14.5 Å². The Hall–Kier alpha value is -3.62. The van der Waals surface area contributed by atoms with E-state index in [9.17, 15) is 8.42 Å². The number of aromatic nitrogens is 1. The Morgan fingerprint density at radius 1 is 0.906 bits per heavy atom. The minimum atomic E-state index is -3.60. The molecule has 0 saturated carbocycles. The molecule has 0 bridgehead atoms. The van der Waals surface area contributed by atoms with Gasteiger partial charge in [0.15, 0.2) is 5.76 Å². The minimum absolute atomic E-state index is 0.133. The molecule has 0 atom stereocenters. The van der Waals surface area contributed by atoms with Gasteiger partial charge in [0.2, 0.25) is 10.0 Å². The third-order valence-corrected chi connectivity index (χ3v) is 6.76. The first-order chi connectivity index (χ1) is 15.4. The number of hydrogen-bond donors (Lipinski definition) is 1. The van der Waals surface area contributed by atoms with E-state index in [1.165, 1.54) is 33.3 Å². The van der Waals surface area contributed by atoms with Gasteiger partial charge in [0.05, 0.1) is 23.9 Å². The van der Waals surface area contributed by atoms with Crippen LogP contribution in [0.4, 0.5) is 11.7 Å². The quantitative estimate of drug-likeness (QED) is 0.427. The lowest BCUT2D eigenvalue weighted by Crippen LogP contribution is -2.22. The van der Waals surface area contributed by atoms with Gasteiger partial charge in [-0.25, -0.2) is 17.7 Å². The van der Waals surface area contributed by atoms with Crippen LogP contribution < -0.4 is 10.1 Å². The first kappa shape index (κ1) is 21.6. The second-order valence-electron chi connectivity index (χ2n) is 7.25. The Bertz CT molecular complexity index is 1330. The number of sulfonamides is 1. The van der Waals surface area contributed by atoms with Crippen molar-refractivity contribution >= 4 is 21.7 Å². The van der Waals surface area contributed by atoms with Gasteiger partial charge in [0, 0.05) is 19.7 Å². The molecule has 1 N–H and O–H groups in total. The van der Waals surface area contributed by atoms with Crippen LogP contribution in [-0.2, 0) is 10.0 Å². The van der Waals surface area contributed by atoms with Crippen molar-refractivity contribution in [2.45, 2.75) is 4.90 Å². The van der Waals surface area contributed by atoms with Crippen molar-refractivity contribution in [1.29, 1.82) is 0 Å². The molecule has 0 amide bonds. The fourth-order valence-corrected chi connectivity index (χ4v) is 4.15. The van der Waals surface area contributed by atoms with Crippen LogP contribution in [0.5, 0.6) is 5.75 Å². The van der Waals surface area contributed by atoms with E-state index in [0.717, 1.165) is 21.0 Å². The second-order valence-corrected chi connectivity index (χ2v) is 9.40. The van der Waals surface area contributed by atoms with E-state index in [1.54, 1.807) is 12.3 Å². The molecular formula is C24H23N3O4S. The number of nitrogens with zero attached hydrogens (tertiary/aromatic N) is 2. The normalized spacial score (nSPS) is 11.5. The Balaban J connectivity index is 1.63.